The third kappa shape index (κ3) is 2.22. The number of hydrogen-bond acceptors (Lipinski definition) is 1. The highest BCUT2D eigenvalue weighted by molar-refractivity contribution is 4.82. The molecule has 72 valence electrons. The van der Waals surface area contributed by atoms with Crippen LogP contribution < -0.4 is 5.32 Å². The van der Waals surface area contributed by atoms with Crippen LogP contribution >= 0.6 is 0 Å². The van der Waals surface area contributed by atoms with Gasteiger partial charge in [-0.1, -0.05) is 20.8 Å². The van der Waals surface area contributed by atoms with Crippen LogP contribution in [0.4, 0.5) is 0 Å². The first-order chi connectivity index (χ1) is 5.65. The minimum Gasteiger partial charge on any atom is -0.317 e. The lowest BCUT2D eigenvalue weighted by atomic mass is 9.73. The second kappa shape index (κ2) is 4.27. The van der Waals surface area contributed by atoms with Gasteiger partial charge in [0.05, 0.1) is 0 Å². The summed E-state index contributed by atoms with van der Waals surface area (Å²) in [5.74, 6) is 2.75. The lowest BCUT2D eigenvalue weighted by molar-refractivity contribution is 0.169. The first kappa shape index (κ1) is 10.0. The molecule has 0 aromatic heterocycles. The molecule has 0 radical (unpaired) electrons. The summed E-state index contributed by atoms with van der Waals surface area (Å²) in [4.78, 5) is 0. The topological polar surface area (TPSA) is 12.0 Å². The normalized spacial score (nSPS) is 37.2. The van der Waals surface area contributed by atoms with E-state index >= 15 is 0 Å². The summed E-state index contributed by atoms with van der Waals surface area (Å²) in [5, 5.41) is 3.39. The predicted molar refractivity (Wildman–Crippen MR) is 54.2 cm³/mol. The third-order valence-electron chi connectivity index (χ3n) is 3.50. The van der Waals surface area contributed by atoms with Crippen molar-refractivity contribution in [3.63, 3.8) is 0 Å². The molecule has 1 N–H and O–H groups in total. The van der Waals surface area contributed by atoms with Crippen molar-refractivity contribution in [2.24, 2.45) is 17.8 Å². The van der Waals surface area contributed by atoms with Crippen LogP contribution in [-0.2, 0) is 0 Å². The lowest BCUT2D eigenvalue weighted by Gasteiger charge is -2.36. The van der Waals surface area contributed by atoms with Crippen LogP contribution in [0.5, 0.6) is 0 Å². The standard InChI is InChI=1S/C11H23N/c1-8(2)11-6-5-10(12-4)7-9(11)3/h8-12H,5-7H2,1-4H3. The number of nitrogens with one attached hydrogen (secondary N) is 1. The fraction of sp³-hybridized carbons (Fsp3) is 1.00. The average Bonchev–Trinajstić information content (AvgIpc) is 2.03. The van der Waals surface area contributed by atoms with Crippen LogP contribution in [0.1, 0.15) is 40.0 Å². The maximum atomic E-state index is 3.39. The van der Waals surface area contributed by atoms with Crippen molar-refractivity contribution in [3.05, 3.63) is 0 Å². The highest BCUT2D eigenvalue weighted by Crippen LogP contribution is 2.34. The van der Waals surface area contributed by atoms with Crippen molar-refractivity contribution >= 4 is 0 Å². The maximum absolute atomic E-state index is 3.39. The van der Waals surface area contributed by atoms with Crippen LogP contribution in [0, 0.1) is 17.8 Å². The first-order valence-corrected chi connectivity index (χ1v) is 5.32. The van der Waals surface area contributed by atoms with Gasteiger partial charge in [-0.3, -0.25) is 0 Å². The Bertz CT molecular complexity index is 131. The van der Waals surface area contributed by atoms with E-state index < -0.39 is 0 Å². The Morgan fingerprint density at radius 1 is 1.25 bits per heavy atom. The molecule has 12 heavy (non-hydrogen) atoms. The van der Waals surface area contributed by atoms with Gasteiger partial charge in [-0.2, -0.15) is 0 Å². The SMILES string of the molecule is CNC1CCC(C(C)C)C(C)C1. The molecule has 0 aliphatic heterocycles. The van der Waals surface area contributed by atoms with Gasteiger partial charge in [-0.05, 0) is 44.1 Å². The van der Waals surface area contributed by atoms with Crippen LogP contribution in [0.2, 0.25) is 0 Å². The summed E-state index contributed by atoms with van der Waals surface area (Å²) in [6, 6.07) is 0.787. The molecule has 1 nitrogen and oxygen atoms in total. The molecule has 0 spiro atoms. The third-order valence-corrected chi connectivity index (χ3v) is 3.50. The zero-order chi connectivity index (χ0) is 9.14. The van der Waals surface area contributed by atoms with Crippen LogP contribution in [0.3, 0.4) is 0 Å². The van der Waals surface area contributed by atoms with Crippen LogP contribution in [0.25, 0.3) is 0 Å². The molecule has 1 aliphatic carbocycles. The molecule has 0 aromatic rings. The number of rotatable bonds is 2. The van der Waals surface area contributed by atoms with Crippen LogP contribution in [-0.4, -0.2) is 13.1 Å². The molecule has 0 aromatic carbocycles. The molecule has 3 atom stereocenters. The van der Waals surface area contributed by atoms with E-state index in [2.05, 4.69) is 33.1 Å². The van der Waals surface area contributed by atoms with Gasteiger partial charge in [-0.25, -0.2) is 0 Å². The van der Waals surface area contributed by atoms with E-state index in [4.69, 9.17) is 0 Å². The van der Waals surface area contributed by atoms with Crippen molar-refractivity contribution in [2.45, 2.75) is 46.1 Å². The van der Waals surface area contributed by atoms with Gasteiger partial charge in [0.2, 0.25) is 0 Å². The summed E-state index contributed by atoms with van der Waals surface area (Å²) < 4.78 is 0. The summed E-state index contributed by atoms with van der Waals surface area (Å²) in [7, 11) is 2.09. The minimum atomic E-state index is 0.787. The Labute approximate surface area is 76.9 Å². The maximum Gasteiger partial charge on any atom is 0.00668 e. The molecule has 0 amide bonds. The van der Waals surface area contributed by atoms with Crippen molar-refractivity contribution in [3.8, 4) is 0 Å². The monoisotopic (exact) mass is 169 g/mol. The van der Waals surface area contributed by atoms with Crippen LogP contribution in [0.15, 0.2) is 0 Å². The Morgan fingerprint density at radius 3 is 2.33 bits per heavy atom. The van der Waals surface area contributed by atoms with Crippen molar-refractivity contribution < 1.29 is 0 Å². The second-order valence-corrected chi connectivity index (χ2v) is 4.68. The number of hydrogen-bond donors (Lipinski definition) is 1. The minimum absolute atomic E-state index is 0.787. The highest BCUT2D eigenvalue weighted by Gasteiger charge is 2.28. The fourth-order valence-corrected chi connectivity index (χ4v) is 2.67. The molecule has 1 rings (SSSR count). The smallest absolute Gasteiger partial charge is 0.00668 e. The quantitative estimate of drug-likeness (QED) is 0.670. The van der Waals surface area contributed by atoms with Gasteiger partial charge in [0.25, 0.3) is 0 Å². The van der Waals surface area contributed by atoms with Gasteiger partial charge in [-0.15, -0.1) is 0 Å². The summed E-state index contributed by atoms with van der Waals surface area (Å²) in [6.07, 6.45) is 4.17. The van der Waals surface area contributed by atoms with Gasteiger partial charge in [0.15, 0.2) is 0 Å². The highest BCUT2D eigenvalue weighted by atomic mass is 14.9. The molecule has 0 heterocycles. The summed E-state index contributed by atoms with van der Waals surface area (Å²) in [5.41, 5.74) is 0. The van der Waals surface area contributed by atoms with E-state index in [9.17, 15) is 0 Å². The zero-order valence-corrected chi connectivity index (χ0v) is 8.93. The predicted octanol–water partition coefficient (Wildman–Crippen LogP) is 2.67. The lowest BCUT2D eigenvalue weighted by Crippen LogP contribution is -2.36. The average molecular weight is 169 g/mol. The Morgan fingerprint density at radius 2 is 1.92 bits per heavy atom. The van der Waals surface area contributed by atoms with E-state index in [1.54, 1.807) is 0 Å². The molecule has 1 aliphatic rings. The van der Waals surface area contributed by atoms with Gasteiger partial charge in [0.1, 0.15) is 0 Å². The van der Waals surface area contributed by atoms with E-state index in [-0.39, 0.29) is 0 Å². The second-order valence-electron chi connectivity index (χ2n) is 4.68. The van der Waals surface area contributed by atoms with E-state index in [0.717, 1.165) is 23.8 Å². The molecule has 0 bridgehead atoms. The molecule has 1 fully saturated rings. The Hall–Kier alpha value is -0.0400. The Balaban J connectivity index is 2.42. The Kier molecular flexibility index (Phi) is 3.57. The van der Waals surface area contributed by atoms with E-state index in [1.807, 2.05) is 0 Å². The van der Waals surface area contributed by atoms with Crippen molar-refractivity contribution in [1.82, 2.24) is 5.32 Å². The van der Waals surface area contributed by atoms with Gasteiger partial charge < -0.3 is 5.32 Å². The van der Waals surface area contributed by atoms with E-state index in [0.29, 0.717) is 0 Å². The molecule has 0 saturated heterocycles. The largest absolute Gasteiger partial charge is 0.317 e. The molecular weight excluding hydrogens is 146 g/mol. The van der Waals surface area contributed by atoms with E-state index in [1.165, 1.54) is 19.3 Å². The van der Waals surface area contributed by atoms with Crippen molar-refractivity contribution in [1.29, 1.82) is 0 Å². The van der Waals surface area contributed by atoms with Gasteiger partial charge >= 0.3 is 0 Å². The molecular formula is C11H23N. The van der Waals surface area contributed by atoms with Gasteiger partial charge in [0, 0.05) is 6.04 Å². The molecule has 1 heteroatoms. The fourth-order valence-electron chi connectivity index (χ4n) is 2.67. The zero-order valence-electron chi connectivity index (χ0n) is 8.93. The molecule has 3 unspecified atom stereocenters. The summed E-state index contributed by atoms with van der Waals surface area (Å²) in [6.45, 7) is 7.13. The summed E-state index contributed by atoms with van der Waals surface area (Å²) >= 11 is 0. The van der Waals surface area contributed by atoms with Crippen molar-refractivity contribution in [2.75, 3.05) is 7.05 Å². The first-order valence-electron chi connectivity index (χ1n) is 5.32. The molecule has 1 saturated carbocycles.